The highest BCUT2D eigenvalue weighted by Gasteiger charge is 2.13. The van der Waals surface area contributed by atoms with Crippen LogP contribution in [-0.4, -0.2) is 32.7 Å². The Morgan fingerprint density at radius 2 is 1.50 bits per heavy atom. The second kappa shape index (κ2) is 10.2. The Labute approximate surface area is 168 Å². The fourth-order valence-electron chi connectivity index (χ4n) is 2.64. The van der Waals surface area contributed by atoms with Crippen molar-refractivity contribution in [2.45, 2.75) is 39.0 Å². The molecule has 0 heterocycles. The molecule has 2 rings (SSSR count). The maximum absolute atomic E-state index is 12.4. The first-order valence-corrected chi connectivity index (χ1v) is 11.0. The average Bonchev–Trinajstić information content (AvgIpc) is 2.66. The van der Waals surface area contributed by atoms with Gasteiger partial charge >= 0.3 is 10.2 Å². The molecule has 0 saturated carbocycles. The number of hydrogen-bond donors (Lipinski definition) is 2. The predicted octanol–water partition coefficient (Wildman–Crippen LogP) is 4.28. The molecule has 28 heavy (non-hydrogen) atoms. The molecule has 0 aliphatic rings. The third-order valence-electron chi connectivity index (χ3n) is 4.41. The molecule has 0 saturated heterocycles. The summed E-state index contributed by atoms with van der Waals surface area (Å²) in [6, 6.07) is 14.2. The van der Waals surface area contributed by atoms with E-state index in [-0.39, 0.29) is 5.91 Å². The molecule has 2 aromatic carbocycles. The first-order valence-electron chi connectivity index (χ1n) is 9.52. The normalized spacial score (nSPS) is 11.4. The maximum Gasteiger partial charge on any atom is 0.301 e. The van der Waals surface area contributed by atoms with Crippen LogP contribution in [0.4, 0.5) is 11.4 Å². The molecule has 0 unspecified atom stereocenters. The second-order valence-corrected chi connectivity index (χ2v) is 8.81. The van der Waals surface area contributed by atoms with Gasteiger partial charge in [-0.15, -0.1) is 0 Å². The van der Waals surface area contributed by atoms with Crippen LogP contribution < -0.4 is 10.0 Å². The molecule has 0 aliphatic carbocycles. The summed E-state index contributed by atoms with van der Waals surface area (Å²) in [5.74, 6) is -0.238. The molecule has 152 valence electrons. The van der Waals surface area contributed by atoms with Gasteiger partial charge in [0.25, 0.3) is 5.91 Å². The minimum absolute atomic E-state index is 0.238. The summed E-state index contributed by atoms with van der Waals surface area (Å²) in [4.78, 5) is 12.4. The first kappa shape index (κ1) is 21.9. The van der Waals surface area contributed by atoms with Crippen LogP contribution in [0.25, 0.3) is 0 Å². The molecule has 2 aromatic rings. The van der Waals surface area contributed by atoms with E-state index in [9.17, 15) is 13.2 Å². The molecule has 0 bridgehead atoms. The standard InChI is InChI=1S/C21H29N3O3S/c1-4-5-6-7-8-17-9-13-19(14-10-17)22-21(25)18-11-15-20(16-12-18)23-28(26,27)24(2)3/h9-16,23H,4-8H2,1-3H3,(H,22,25). The summed E-state index contributed by atoms with van der Waals surface area (Å²) in [6.07, 6.45) is 5.98. The molecule has 0 spiro atoms. The van der Waals surface area contributed by atoms with Gasteiger partial charge in [0.05, 0.1) is 0 Å². The van der Waals surface area contributed by atoms with Gasteiger partial charge in [0, 0.05) is 31.0 Å². The van der Waals surface area contributed by atoms with Gasteiger partial charge in [-0.1, -0.05) is 38.3 Å². The number of carbonyl (C=O) groups excluding carboxylic acids is 1. The van der Waals surface area contributed by atoms with E-state index in [1.54, 1.807) is 24.3 Å². The van der Waals surface area contributed by atoms with Gasteiger partial charge in [-0.25, -0.2) is 0 Å². The van der Waals surface area contributed by atoms with Gasteiger partial charge in [0.1, 0.15) is 0 Å². The number of aryl methyl sites for hydroxylation is 1. The van der Waals surface area contributed by atoms with E-state index in [4.69, 9.17) is 0 Å². The van der Waals surface area contributed by atoms with E-state index >= 15 is 0 Å². The van der Waals surface area contributed by atoms with Crippen molar-refractivity contribution >= 4 is 27.5 Å². The van der Waals surface area contributed by atoms with Crippen LogP contribution in [0.2, 0.25) is 0 Å². The van der Waals surface area contributed by atoms with Crippen molar-refractivity contribution in [3.05, 3.63) is 59.7 Å². The first-order chi connectivity index (χ1) is 13.3. The highest BCUT2D eigenvalue weighted by molar-refractivity contribution is 7.90. The van der Waals surface area contributed by atoms with Crippen LogP contribution in [0.5, 0.6) is 0 Å². The van der Waals surface area contributed by atoms with Crippen LogP contribution in [0, 0.1) is 0 Å². The highest BCUT2D eigenvalue weighted by Crippen LogP contribution is 2.16. The Bertz CT molecular complexity index is 861. The lowest BCUT2D eigenvalue weighted by atomic mass is 10.1. The Kier molecular flexibility index (Phi) is 8.02. The minimum Gasteiger partial charge on any atom is -0.322 e. The van der Waals surface area contributed by atoms with E-state index in [0.717, 1.165) is 16.4 Å². The fourth-order valence-corrected chi connectivity index (χ4v) is 3.26. The number of amides is 1. The van der Waals surface area contributed by atoms with Crippen LogP contribution >= 0.6 is 0 Å². The van der Waals surface area contributed by atoms with Gasteiger partial charge in [0.2, 0.25) is 0 Å². The smallest absolute Gasteiger partial charge is 0.301 e. The van der Waals surface area contributed by atoms with Crippen molar-refractivity contribution in [2.24, 2.45) is 0 Å². The quantitative estimate of drug-likeness (QED) is 0.581. The SMILES string of the molecule is CCCCCCc1ccc(NC(=O)c2ccc(NS(=O)(=O)N(C)C)cc2)cc1. The molecule has 1 amide bonds. The largest absolute Gasteiger partial charge is 0.322 e. The maximum atomic E-state index is 12.4. The predicted molar refractivity (Wildman–Crippen MR) is 115 cm³/mol. The lowest BCUT2D eigenvalue weighted by Gasteiger charge is -2.13. The Morgan fingerprint density at radius 3 is 2.07 bits per heavy atom. The number of anilines is 2. The molecular weight excluding hydrogens is 374 g/mol. The number of nitrogens with one attached hydrogen (secondary N) is 2. The number of rotatable bonds is 10. The third-order valence-corrected chi connectivity index (χ3v) is 5.86. The second-order valence-electron chi connectivity index (χ2n) is 6.93. The number of carbonyl (C=O) groups is 1. The van der Waals surface area contributed by atoms with Crippen LogP contribution in [0.15, 0.2) is 48.5 Å². The van der Waals surface area contributed by atoms with Gasteiger partial charge in [-0.3, -0.25) is 9.52 Å². The zero-order valence-electron chi connectivity index (χ0n) is 16.7. The zero-order chi connectivity index (χ0) is 20.6. The lowest BCUT2D eigenvalue weighted by molar-refractivity contribution is 0.102. The monoisotopic (exact) mass is 403 g/mol. The Balaban J connectivity index is 1.92. The van der Waals surface area contributed by atoms with Gasteiger partial charge in [-0.05, 0) is 54.8 Å². The molecule has 0 fully saturated rings. The van der Waals surface area contributed by atoms with E-state index in [1.165, 1.54) is 45.3 Å². The molecule has 7 heteroatoms. The Hall–Kier alpha value is -2.38. The fraction of sp³-hybridized carbons (Fsp3) is 0.381. The zero-order valence-corrected chi connectivity index (χ0v) is 17.6. The summed E-state index contributed by atoms with van der Waals surface area (Å²) in [5.41, 5.74) is 2.86. The highest BCUT2D eigenvalue weighted by atomic mass is 32.2. The van der Waals surface area contributed by atoms with Crippen molar-refractivity contribution < 1.29 is 13.2 Å². The van der Waals surface area contributed by atoms with Crippen LogP contribution in [0.1, 0.15) is 48.5 Å². The summed E-state index contributed by atoms with van der Waals surface area (Å²) in [6.45, 7) is 2.20. The average molecular weight is 404 g/mol. The van der Waals surface area contributed by atoms with Crippen molar-refractivity contribution in [2.75, 3.05) is 24.1 Å². The van der Waals surface area contributed by atoms with Crippen molar-refractivity contribution in [3.8, 4) is 0 Å². The summed E-state index contributed by atoms with van der Waals surface area (Å²) in [7, 11) is -0.674. The molecule has 6 nitrogen and oxygen atoms in total. The number of unbranched alkanes of at least 4 members (excludes halogenated alkanes) is 3. The van der Waals surface area contributed by atoms with E-state index in [0.29, 0.717) is 11.3 Å². The topological polar surface area (TPSA) is 78.5 Å². The molecule has 0 aromatic heterocycles. The number of benzene rings is 2. The number of hydrogen-bond acceptors (Lipinski definition) is 3. The summed E-state index contributed by atoms with van der Waals surface area (Å²) >= 11 is 0. The summed E-state index contributed by atoms with van der Waals surface area (Å²) in [5, 5.41) is 2.86. The van der Waals surface area contributed by atoms with Crippen LogP contribution in [-0.2, 0) is 16.6 Å². The van der Waals surface area contributed by atoms with E-state index < -0.39 is 10.2 Å². The summed E-state index contributed by atoms with van der Waals surface area (Å²) < 4.78 is 27.2. The molecule has 0 aliphatic heterocycles. The molecule has 0 radical (unpaired) electrons. The molecule has 2 N–H and O–H groups in total. The number of nitrogens with zero attached hydrogens (tertiary/aromatic N) is 1. The third kappa shape index (κ3) is 6.65. The van der Waals surface area contributed by atoms with Crippen LogP contribution in [0.3, 0.4) is 0 Å². The minimum atomic E-state index is -3.56. The lowest BCUT2D eigenvalue weighted by Crippen LogP contribution is -2.28. The van der Waals surface area contributed by atoms with Gasteiger partial charge in [0.15, 0.2) is 0 Å². The van der Waals surface area contributed by atoms with Crippen molar-refractivity contribution in [3.63, 3.8) is 0 Å². The van der Waals surface area contributed by atoms with E-state index in [1.807, 2.05) is 24.3 Å². The Morgan fingerprint density at radius 1 is 0.893 bits per heavy atom. The van der Waals surface area contributed by atoms with Crippen molar-refractivity contribution in [1.29, 1.82) is 0 Å². The molecule has 0 atom stereocenters. The van der Waals surface area contributed by atoms with Crippen molar-refractivity contribution in [1.82, 2.24) is 4.31 Å². The van der Waals surface area contributed by atoms with Gasteiger partial charge < -0.3 is 5.32 Å². The van der Waals surface area contributed by atoms with Gasteiger partial charge in [-0.2, -0.15) is 12.7 Å². The van der Waals surface area contributed by atoms with E-state index in [2.05, 4.69) is 17.0 Å². The molecular formula is C21H29N3O3S.